The van der Waals surface area contributed by atoms with Crippen LogP contribution in [0, 0.1) is 0 Å². The zero-order chi connectivity index (χ0) is 16.6. The van der Waals surface area contributed by atoms with Crippen molar-refractivity contribution < 1.29 is 34.1 Å². The van der Waals surface area contributed by atoms with E-state index in [1.165, 1.54) is 0 Å². The van der Waals surface area contributed by atoms with Crippen LogP contribution < -0.4 is 0 Å². The molecule has 0 aromatic carbocycles. The van der Waals surface area contributed by atoms with E-state index >= 15 is 0 Å². The van der Waals surface area contributed by atoms with Gasteiger partial charge in [0, 0.05) is 0 Å². The number of rotatable bonds is 9. The molecule has 3 unspecified atom stereocenters. The first-order valence-electron chi connectivity index (χ1n) is 6.99. The lowest BCUT2D eigenvalue weighted by Gasteiger charge is -2.25. The topological polar surface area (TPSA) is 110 Å². The normalized spacial score (nSPS) is 16.4. The molecule has 21 heavy (non-hydrogen) atoms. The average Bonchev–Trinajstić information content (AvgIpc) is 2.36. The van der Waals surface area contributed by atoms with Crippen LogP contribution in [0.2, 0.25) is 0 Å². The van der Waals surface area contributed by atoms with Crippen molar-refractivity contribution in [1.82, 2.24) is 0 Å². The van der Waals surface area contributed by atoms with E-state index in [4.69, 9.17) is 14.6 Å². The molecule has 0 fully saturated rings. The summed E-state index contributed by atoms with van der Waals surface area (Å²) < 4.78 is 9.90. The Hall–Kier alpha value is -1.63. The van der Waals surface area contributed by atoms with Gasteiger partial charge in [0.2, 0.25) is 0 Å². The second-order valence-electron chi connectivity index (χ2n) is 5.11. The number of ether oxygens (including phenoxy) is 2. The van der Waals surface area contributed by atoms with Crippen molar-refractivity contribution in [3.8, 4) is 0 Å². The van der Waals surface area contributed by atoms with E-state index in [0.717, 1.165) is 0 Å². The molecule has 0 saturated carbocycles. The fourth-order valence-corrected chi connectivity index (χ4v) is 1.42. The van der Waals surface area contributed by atoms with Gasteiger partial charge in [0.15, 0.2) is 5.60 Å². The Morgan fingerprint density at radius 2 is 1.48 bits per heavy atom. The molecular formula is C14H24O7. The molecule has 0 heterocycles. The number of hydrogen-bond donors (Lipinski definition) is 2. The molecule has 0 spiro atoms. The fourth-order valence-electron chi connectivity index (χ4n) is 1.42. The lowest BCUT2D eigenvalue weighted by atomic mass is 9.95. The van der Waals surface area contributed by atoms with Crippen LogP contribution in [0.25, 0.3) is 0 Å². The van der Waals surface area contributed by atoms with Gasteiger partial charge in [0.1, 0.15) is 0 Å². The van der Waals surface area contributed by atoms with Gasteiger partial charge in [-0.15, -0.1) is 0 Å². The maximum Gasteiger partial charge on any atom is 0.339 e. The molecule has 0 aliphatic heterocycles. The third-order valence-corrected chi connectivity index (χ3v) is 3.05. The molecule has 7 nitrogen and oxygen atoms in total. The SMILES string of the molecule is CCC(C)OC(=O)CC(O)(CC(=O)O)C(=O)OC(C)CC. The van der Waals surface area contributed by atoms with Crippen LogP contribution in [0.3, 0.4) is 0 Å². The first-order valence-corrected chi connectivity index (χ1v) is 6.99. The molecule has 0 radical (unpaired) electrons. The summed E-state index contributed by atoms with van der Waals surface area (Å²) in [6.07, 6.45) is -1.45. The second-order valence-corrected chi connectivity index (χ2v) is 5.11. The van der Waals surface area contributed by atoms with E-state index in [0.29, 0.717) is 12.8 Å². The molecule has 2 N–H and O–H groups in total. The zero-order valence-electron chi connectivity index (χ0n) is 12.9. The molecule has 0 amide bonds. The van der Waals surface area contributed by atoms with Crippen molar-refractivity contribution in [1.29, 1.82) is 0 Å². The molecule has 0 bridgehead atoms. The number of aliphatic hydroxyl groups is 1. The first-order chi connectivity index (χ1) is 9.64. The van der Waals surface area contributed by atoms with Crippen LogP contribution in [-0.4, -0.2) is 45.9 Å². The fraction of sp³-hybridized carbons (Fsp3) is 0.786. The van der Waals surface area contributed by atoms with Gasteiger partial charge < -0.3 is 19.7 Å². The number of carbonyl (C=O) groups excluding carboxylic acids is 2. The summed E-state index contributed by atoms with van der Waals surface area (Å²) in [7, 11) is 0. The van der Waals surface area contributed by atoms with Crippen molar-refractivity contribution in [2.45, 2.75) is 71.2 Å². The molecular weight excluding hydrogens is 280 g/mol. The van der Waals surface area contributed by atoms with E-state index in [1.807, 2.05) is 0 Å². The summed E-state index contributed by atoms with van der Waals surface area (Å²) in [5.41, 5.74) is -2.42. The van der Waals surface area contributed by atoms with Crippen LogP contribution in [-0.2, 0) is 23.9 Å². The summed E-state index contributed by atoms with van der Waals surface area (Å²) in [6.45, 7) is 6.84. The standard InChI is InChI=1S/C14H24O7/c1-5-9(3)20-12(17)8-14(19,7-11(15)16)13(18)21-10(4)6-2/h9-10,19H,5-8H2,1-4H3,(H,15,16). The monoisotopic (exact) mass is 304 g/mol. The van der Waals surface area contributed by atoms with Gasteiger partial charge in [-0.2, -0.15) is 0 Å². The number of hydrogen-bond acceptors (Lipinski definition) is 6. The van der Waals surface area contributed by atoms with Crippen LogP contribution >= 0.6 is 0 Å². The summed E-state index contributed by atoms with van der Waals surface area (Å²) >= 11 is 0. The first kappa shape index (κ1) is 19.4. The number of carboxylic acids is 1. The number of aliphatic carboxylic acids is 1. The van der Waals surface area contributed by atoms with Crippen molar-refractivity contribution in [3.05, 3.63) is 0 Å². The predicted octanol–water partition coefficient (Wildman–Crippen LogP) is 1.27. The summed E-state index contributed by atoms with van der Waals surface area (Å²) in [5, 5.41) is 19.0. The highest BCUT2D eigenvalue weighted by molar-refractivity contribution is 5.89. The average molecular weight is 304 g/mol. The number of carboxylic acid groups (broad SMARTS) is 1. The van der Waals surface area contributed by atoms with E-state index < -0.39 is 42.5 Å². The highest BCUT2D eigenvalue weighted by atomic mass is 16.6. The quantitative estimate of drug-likeness (QED) is 0.617. The summed E-state index contributed by atoms with van der Waals surface area (Å²) in [6, 6.07) is 0. The largest absolute Gasteiger partial charge is 0.481 e. The highest BCUT2D eigenvalue weighted by Crippen LogP contribution is 2.21. The number of esters is 2. The van der Waals surface area contributed by atoms with E-state index in [-0.39, 0.29) is 6.10 Å². The van der Waals surface area contributed by atoms with Gasteiger partial charge in [-0.3, -0.25) is 9.59 Å². The highest BCUT2D eigenvalue weighted by Gasteiger charge is 2.43. The van der Waals surface area contributed by atoms with Gasteiger partial charge >= 0.3 is 17.9 Å². The van der Waals surface area contributed by atoms with Crippen LogP contribution in [0.15, 0.2) is 0 Å². The third-order valence-electron chi connectivity index (χ3n) is 3.05. The molecule has 0 aliphatic carbocycles. The van der Waals surface area contributed by atoms with Crippen LogP contribution in [0.1, 0.15) is 53.4 Å². The van der Waals surface area contributed by atoms with Crippen molar-refractivity contribution in [2.24, 2.45) is 0 Å². The van der Waals surface area contributed by atoms with Crippen LogP contribution in [0.5, 0.6) is 0 Å². The Morgan fingerprint density at radius 3 is 1.90 bits per heavy atom. The molecule has 3 atom stereocenters. The van der Waals surface area contributed by atoms with Crippen molar-refractivity contribution in [3.63, 3.8) is 0 Å². The molecule has 0 aromatic heterocycles. The minimum absolute atomic E-state index is 0.378. The molecule has 122 valence electrons. The van der Waals surface area contributed by atoms with Gasteiger partial charge in [0.25, 0.3) is 0 Å². The van der Waals surface area contributed by atoms with E-state index in [1.54, 1.807) is 27.7 Å². The Morgan fingerprint density at radius 1 is 1.00 bits per heavy atom. The van der Waals surface area contributed by atoms with E-state index in [2.05, 4.69) is 0 Å². The number of carbonyl (C=O) groups is 3. The molecule has 0 aromatic rings. The summed E-state index contributed by atoms with van der Waals surface area (Å²) in [5.74, 6) is -3.37. The maximum atomic E-state index is 11.9. The van der Waals surface area contributed by atoms with Gasteiger partial charge in [0.05, 0.1) is 25.0 Å². The maximum absolute atomic E-state index is 11.9. The minimum atomic E-state index is -2.42. The van der Waals surface area contributed by atoms with E-state index in [9.17, 15) is 19.5 Å². The Labute approximate surface area is 124 Å². The summed E-state index contributed by atoms with van der Waals surface area (Å²) in [4.78, 5) is 34.4. The van der Waals surface area contributed by atoms with Crippen molar-refractivity contribution in [2.75, 3.05) is 0 Å². The lowest BCUT2D eigenvalue weighted by Crippen LogP contribution is -2.45. The van der Waals surface area contributed by atoms with Gasteiger partial charge in [-0.1, -0.05) is 13.8 Å². The Kier molecular flexibility index (Phi) is 7.94. The molecule has 0 aliphatic rings. The van der Waals surface area contributed by atoms with Gasteiger partial charge in [-0.25, -0.2) is 4.79 Å². The minimum Gasteiger partial charge on any atom is -0.481 e. The lowest BCUT2D eigenvalue weighted by molar-refractivity contribution is -0.181. The second kappa shape index (κ2) is 8.61. The Bertz CT molecular complexity index is 380. The van der Waals surface area contributed by atoms with Crippen LogP contribution in [0.4, 0.5) is 0 Å². The molecule has 7 heteroatoms. The molecule has 0 rings (SSSR count). The molecule has 0 saturated heterocycles. The zero-order valence-corrected chi connectivity index (χ0v) is 12.9. The van der Waals surface area contributed by atoms with Gasteiger partial charge in [-0.05, 0) is 26.7 Å². The van der Waals surface area contributed by atoms with Crippen molar-refractivity contribution >= 4 is 17.9 Å². The predicted molar refractivity (Wildman–Crippen MR) is 73.5 cm³/mol. The third kappa shape index (κ3) is 7.08. The Balaban J connectivity index is 4.94. The smallest absolute Gasteiger partial charge is 0.339 e.